The molecule has 0 aliphatic heterocycles. The Morgan fingerprint density at radius 3 is 2.53 bits per heavy atom. The lowest BCUT2D eigenvalue weighted by atomic mass is 10.1. The van der Waals surface area contributed by atoms with Crippen molar-refractivity contribution < 1.29 is 4.74 Å². The molecule has 1 heterocycles. The molecule has 0 aliphatic carbocycles. The molecule has 0 saturated heterocycles. The number of nitrogens with zero attached hydrogens (tertiary/aromatic N) is 3. The molecule has 3 aromatic rings. The van der Waals surface area contributed by atoms with Crippen molar-refractivity contribution in [3.05, 3.63) is 63.8 Å². The zero-order valence-electron chi connectivity index (χ0n) is 19.6. The van der Waals surface area contributed by atoms with Gasteiger partial charge in [0.1, 0.15) is 11.6 Å². The number of nitrogens with two attached hydrogens (primary N) is 1. The number of hydrogen-bond donors (Lipinski definition) is 4. The van der Waals surface area contributed by atoms with Crippen LogP contribution in [0.1, 0.15) is 25.1 Å². The molecule has 34 heavy (non-hydrogen) atoms. The molecule has 0 unspecified atom stereocenters. The van der Waals surface area contributed by atoms with Crippen LogP contribution in [0.4, 0.5) is 23.1 Å². The lowest BCUT2D eigenvalue weighted by molar-refractivity contribution is 0.406. The van der Waals surface area contributed by atoms with Gasteiger partial charge >= 0.3 is 0 Å². The number of hydrogen-bond acceptors (Lipinski definition) is 6. The van der Waals surface area contributed by atoms with E-state index in [-0.39, 0.29) is 11.9 Å². The molecule has 0 radical (unpaired) electrons. The van der Waals surface area contributed by atoms with Gasteiger partial charge in [0, 0.05) is 35.2 Å². The molecule has 0 saturated carbocycles. The molecular formula is C24H29Cl2N7O. The maximum atomic E-state index is 6.05. The van der Waals surface area contributed by atoms with Crippen LogP contribution < -0.4 is 26.4 Å². The Morgan fingerprint density at radius 2 is 1.82 bits per heavy atom. The number of aliphatic imine (C=N–C) groups is 1. The Kier molecular flexibility index (Phi) is 8.92. The first kappa shape index (κ1) is 25.6. The van der Waals surface area contributed by atoms with Crippen LogP contribution in [0, 0.1) is 12.8 Å². The molecule has 10 heteroatoms. The number of aryl methyl sites for hydroxylation is 1. The summed E-state index contributed by atoms with van der Waals surface area (Å²) < 4.78 is 5.51. The average Bonchev–Trinajstić information content (AvgIpc) is 2.76. The SMILES string of the molecule is COc1ccc(Nc2cc(C)nc(/N=C(\N)Nc3ccc(Cl)c(Cl)c3)n2)cc1CNCC(C)C. The van der Waals surface area contributed by atoms with Crippen molar-refractivity contribution in [2.75, 3.05) is 24.3 Å². The lowest BCUT2D eigenvalue weighted by Crippen LogP contribution is -2.22. The lowest BCUT2D eigenvalue weighted by Gasteiger charge is -2.14. The number of rotatable bonds is 9. The van der Waals surface area contributed by atoms with Gasteiger partial charge < -0.3 is 26.4 Å². The minimum Gasteiger partial charge on any atom is -0.496 e. The summed E-state index contributed by atoms with van der Waals surface area (Å²) >= 11 is 12.0. The molecule has 0 fully saturated rings. The molecule has 1 aromatic heterocycles. The third-order valence-electron chi connectivity index (χ3n) is 4.68. The van der Waals surface area contributed by atoms with E-state index in [1.807, 2.05) is 31.2 Å². The highest BCUT2D eigenvalue weighted by Gasteiger charge is 2.08. The monoisotopic (exact) mass is 501 g/mol. The van der Waals surface area contributed by atoms with E-state index in [2.05, 4.69) is 44.8 Å². The molecular weight excluding hydrogens is 473 g/mol. The molecule has 3 rings (SSSR count). The first-order valence-electron chi connectivity index (χ1n) is 10.8. The number of benzene rings is 2. The van der Waals surface area contributed by atoms with Gasteiger partial charge in [-0.25, -0.2) is 4.98 Å². The Morgan fingerprint density at radius 1 is 1.06 bits per heavy atom. The van der Waals surface area contributed by atoms with Crippen molar-refractivity contribution in [3.8, 4) is 5.75 Å². The Labute approximate surface area is 210 Å². The quantitative estimate of drug-likeness (QED) is 0.221. The number of aromatic nitrogens is 2. The van der Waals surface area contributed by atoms with Crippen molar-refractivity contribution in [1.82, 2.24) is 15.3 Å². The van der Waals surface area contributed by atoms with E-state index < -0.39 is 0 Å². The van der Waals surface area contributed by atoms with E-state index in [1.54, 1.807) is 25.3 Å². The van der Waals surface area contributed by atoms with Crippen LogP contribution in [0.2, 0.25) is 10.0 Å². The second-order valence-corrected chi connectivity index (χ2v) is 8.94. The van der Waals surface area contributed by atoms with E-state index in [0.717, 1.165) is 29.2 Å². The predicted octanol–water partition coefficient (Wildman–Crippen LogP) is 5.65. The summed E-state index contributed by atoms with van der Waals surface area (Å²) in [7, 11) is 1.67. The van der Waals surface area contributed by atoms with Gasteiger partial charge in [0.25, 0.3) is 5.95 Å². The number of anilines is 3. The Hall–Kier alpha value is -3.07. The van der Waals surface area contributed by atoms with Gasteiger partial charge in [-0.3, -0.25) is 0 Å². The molecule has 0 bridgehead atoms. The maximum Gasteiger partial charge on any atom is 0.254 e. The Balaban J connectivity index is 1.76. The van der Waals surface area contributed by atoms with Crippen LogP contribution in [0.25, 0.3) is 0 Å². The maximum absolute atomic E-state index is 6.05. The molecule has 0 amide bonds. The van der Waals surface area contributed by atoms with Crippen LogP contribution >= 0.6 is 23.2 Å². The predicted molar refractivity (Wildman–Crippen MR) is 141 cm³/mol. The first-order valence-corrected chi connectivity index (χ1v) is 11.6. The zero-order chi connectivity index (χ0) is 24.7. The fourth-order valence-electron chi connectivity index (χ4n) is 3.16. The minimum absolute atomic E-state index is 0.123. The third-order valence-corrected chi connectivity index (χ3v) is 5.41. The van der Waals surface area contributed by atoms with Gasteiger partial charge in [0.15, 0.2) is 0 Å². The summed E-state index contributed by atoms with van der Waals surface area (Å²) in [6.45, 7) is 7.83. The van der Waals surface area contributed by atoms with Crippen LogP contribution in [0.3, 0.4) is 0 Å². The van der Waals surface area contributed by atoms with Crippen molar-refractivity contribution >= 4 is 52.3 Å². The summed E-state index contributed by atoms with van der Waals surface area (Å²) in [4.78, 5) is 13.1. The molecule has 0 atom stereocenters. The molecule has 8 nitrogen and oxygen atoms in total. The van der Waals surface area contributed by atoms with Crippen molar-refractivity contribution in [2.24, 2.45) is 16.6 Å². The van der Waals surface area contributed by atoms with Crippen LogP contribution in [0.15, 0.2) is 47.5 Å². The van der Waals surface area contributed by atoms with Crippen LogP contribution in [0.5, 0.6) is 5.75 Å². The minimum atomic E-state index is 0.123. The standard InChI is InChI=1S/C24H29Cl2N7O/c1-14(2)12-28-13-16-10-17(6-8-21(16)34-4)30-22-9-15(3)29-24(32-22)33-23(27)31-18-5-7-19(25)20(26)11-18/h5-11,14,28H,12-13H2,1-4H3,(H4,27,29,30,31,32,33). The molecule has 0 aliphatic rings. The summed E-state index contributed by atoms with van der Waals surface area (Å²) in [6, 6.07) is 12.8. The van der Waals surface area contributed by atoms with Gasteiger partial charge in [-0.1, -0.05) is 37.0 Å². The van der Waals surface area contributed by atoms with Gasteiger partial charge in [-0.15, -0.1) is 0 Å². The number of ether oxygens (including phenoxy) is 1. The van der Waals surface area contributed by atoms with Gasteiger partial charge in [-0.05, 0) is 55.8 Å². The van der Waals surface area contributed by atoms with Crippen LogP contribution in [-0.4, -0.2) is 29.6 Å². The number of methoxy groups -OCH3 is 1. The summed E-state index contributed by atoms with van der Waals surface area (Å²) in [5, 5.41) is 10.6. The second kappa shape index (κ2) is 11.9. The molecule has 5 N–H and O–H groups in total. The van der Waals surface area contributed by atoms with E-state index in [0.29, 0.717) is 34.0 Å². The number of nitrogens with one attached hydrogen (secondary N) is 3. The average molecular weight is 502 g/mol. The van der Waals surface area contributed by atoms with E-state index in [4.69, 9.17) is 33.7 Å². The fourth-order valence-corrected chi connectivity index (χ4v) is 3.46. The highest BCUT2D eigenvalue weighted by molar-refractivity contribution is 6.42. The fraction of sp³-hybridized carbons (Fsp3) is 0.292. The zero-order valence-corrected chi connectivity index (χ0v) is 21.1. The van der Waals surface area contributed by atoms with Gasteiger partial charge in [0.2, 0.25) is 5.96 Å². The first-order chi connectivity index (χ1) is 16.2. The topological polar surface area (TPSA) is 109 Å². The van der Waals surface area contributed by atoms with Crippen LogP contribution in [-0.2, 0) is 6.54 Å². The van der Waals surface area contributed by atoms with Crippen molar-refractivity contribution in [2.45, 2.75) is 27.3 Å². The van der Waals surface area contributed by atoms with Gasteiger partial charge in [0.05, 0.1) is 17.2 Å². The van der Waals surface area contributed by atoms with E-state index in [1.165, 1.54) is 0 Å². The van der Waals surface area contributed by atoms with E-state index >= 15 is 0 Å². The Bertz CT molecular complexity index is 1170. The smallest absolute Gasteiger partial charge is 0.254 e. The third kappa shape index (κ3) is 7.48. The molecule has 180 valence electrons. The van der Waals surface area contributed by atoms with Gasteiger partial charge in [-0.2, -0.15) is 9.98 Å². The number of guanidine groups is 1. The highest BCUT2D eigenvalue weighted by Crippen LogP contribution is 2.26. The summed E-state index contributed by atoms with van der Waals surface area (Å²) in [5.41, 5.74) is 9.35. The second-order valence-electron chi connectivity index (χ2n) is 8.12. The number of halogens is 2. The normalized spacial score (nSPS) is 11.6. The van der Waals surface area contributed by atoms with Crippen molar-refractivity contribution in [3.63, 3.8) is 0 Å². The summed E-state index contributed by atoms with van der Waals surface area (Å²) in [6.07, 6.45) is 0. The summed E-state index contributed by atoms with van der Waals surface area (Å²) in [5.74, 6) is 2.33. The largest absolute Gasteiger partial charge is 0.496 e. The molecule has 0 spiro atoms. The van der Waals surface area contributed by atoms with Crippen molar-refractivity contribution in [1.29, 1.82) is 0 Å². The van der Waals surface area contributed by atoms with E-state index in [9.17, 15) is 0 Å². The molecule has 2 aromatic carbocycles. The highest BCUT2D eigenvalue weighted by atomic mass is 35.5.